The molecule has 0 atom stereocenters. The maximum atomic E-state index is 6.42. The summed E-state index contributed by atoms with van der Waals surface area (Å²) < 4.78 is 6.60. The number of fused-ring (bicyclic) bond motifs is 1. The van der Waals surface area contributed by atoms with Crippen molar-refractivity contribution < 1.29 is 4.74 Å². The molecule has 168 valence electrons. The van der Waals surface area contributed by atoms with E-state index < -0.39 is 0 Å². The average Bonchev–Trinajstić information content (AvgIpc) is 3.25. The number of hydrogen-bond donors (Lipinski definition) is 2. The number of aromatic nitrogens is 5. The van der Waals surface area contributed by atoms with Gasteiger partial charge in [0.25, 0.3) is 0 Å². The van der Waals surface area contributed by atoms with E-state index in [1.807, 2.05) is 24.3 Å². The fourth-order valence-electron chi connectivity index (χ4n) is 2.85. The fourth-order valence-corrected chi connectivity index (χ4v) is 3.98. The minimum Gasteiger partial charge on any atom is -0.437 e. The molecule has 1 aromatic carbocycles. The highest BCUT2D eigenvalue weighted by atomic mass is 35.5. The Morgan fingerprint density at radius 3 is 2.65 bits per heavy atom. The third-order valence-electron chi connectivity index (χ3n) is 4.34. The van der Waals surface area contributed by atoms with Crippen LogP contribution in [-0.2, 0) is 0 Å². The number of hydrogen-bond acceptors (Lipinski definition) is 9. The molecule has 0 unspecified atom stereocenters. The Morgan fingerprint density at radius 2 is 1.88 bits per heavy atom. The maximum absolute atomic E-state index is 6.42. The van der Waals surface area contributed by atoms with E-state index >= 15 is 0 Å². The summed E-state index contributed by atoms with van der Waals surface area (Å²) in [6.07, 6.45) is 6.16. The molecule has 0 radical (unpaired) electrons. The monoisotopic (exact) mass is 507 g/mol. The number of anilines is 3. The zero-order chi connectivity index (χ0) is 22.6. The summed E-state index contributed by atoms with van der Waals surface area (Å²) in [4.78, 5) is 21.8. The molecule has 0 spiro atoms. The lowest BCUT2D eigenvalue weighted by Gasteiger charge is -2.10. The Labute approximate surface area is 209 Å². The van der Waals surface area contributed by atoms with Crippen molar-refractivity contribution in [2.24, 2.45) is 0 Å². The molecule has 11 heteroatoms. The lowest BCUT2D eigenvalue weighted by molar-refractivity contribution is 0.463. The molecule has 5 rings (SSSR count). The normalized spacial score (nSPS) is 10.1. The van der Waals surface area contributed by atoms with Gasteiger partial charge in [-0.15, -0.1) is 23.7 Å². The van der Waals surface area contributed by atoms with Gasteiger partial charge >= 0.3 is 0 Å². The van der Waals surface area contributed by atoms with Crippen molar-refractivity contribution in [3.63, 3.8) is 0 Å². The van der Waals surface area contributed by atoms with Gasteiger partial charge < -0.3 is 15.8 Å². The van der Waals surface area contributed by atoms with Gasteiger partial charge in [0.2, 0.25) is 5.88 Å². The third-order valence-corrected chi connectivity index (χ3v) is 5.69. The molecule has 4 aromatic heterocycles. The van der Waals surface area contributed by atoms with E-state index in [1.54, 1.807) is 24.4 Å². The summed E-state index contributed by atoms with van der Waals surface area (Å²) in [5.74, 6) is 8.04. The number of halogens is 2. The second kappa shape index (κ2) is 10.3. The topological polar surface area (TPSA) is 112 Å². The molecular formula is C23H15Cl2N7OS. The molecule has 3 N–H and O–H groups in total. The highest BCUT2D eigenvalue weighted by Gasteiger charge is 2.10. The predicted octanol–water partition coefficient (Wildman–Crippen LogP) is 5.47. The first kappa shape index (κ1) is 23.2. The Hall–Kier alpha value is -3.97. The molecule has 0 bridgehead atoms. The highest BCUT2D eigenvalue weighted by Crippen LogP contribution is 2.34. The minimum absolute atomic E-state index is 0. The first-order valence-electron chi connectivity index (χ1n) is 9.63. The van der Waals surface area contributed by atoms with Gasteiger partial charge in [0, 0.05) is 18.0 Å². The first-order valence-corrected chi connectivity index (χ1v) is 10.8. The summed E-state index contributed by atoms with van der Waals surface area (Å²) in [7, 11) is 0. The average molecular weight is 508 g/mol. The quantitative estimate of drug-likeness (QED) is 0.308. The van der Waals surface area contributed by atoms with Crippen LogP contribution in [0.1, 0.15) is 10.6 Å². The van der Waals surface area contributed by atoms with Gasteiger partial charge in [0.15, 0.2) is 5.82 Å². The number of nitrogens with one attached hydrogen (secondary N) is 1. The Kier molecular flexibility index (Phi) is 7.04. The van der Waals surface area contributed by atoms with Crippen LogP contribution in [0.4, 0.5) is 17.3 Å². The van der Waals surface area contributed by atoms with Crippen LogP contribution in [0.3, 0.4) is 0 Å². The van der Waals surface area contributed by atoms with Crippen molar-refractivity contribution in [3.8, 4) is 23.5 Å². The van der Waals surface area contributed by atoms with Crippen molar-refractivity contribution in [2.75, 3.05) is 11.1 Å². The molecule has 8 nitrogen and oxygen atoms in total. The van der Waals surface area contributed by atoms with Gasteiger partial charge in [0.05, 0.1) is 32.5 Å². The maximum Gasteiger partial charge on any atom is 0.219 e. The number of pyridine rings is 1. The van der Waals surface area contributed by atoms with Gasteiger partial charge in [-0.3, -0.25) is 0 Å². The molecule has 0 amide bonds. The summed E-state index contributed by atoms with van der Waals surface area (Å²) >= 11 is 7.89. The number of nitrogens with two attached hydrogens (primary N) is 1. The first-order chi connectivity index (χ1) is 16.1. The molecule has 4 heterocycles. The highest BCUT2D eigenvalue weighted by molar-refractivity contribution is 7.20. The summed E-state index contributed by atoms with van der Waals surface area (Å²) in [5.41, 5.74) is 7.63. The van der Waals surface area contributed by atoms with E-state index in [4.69, 9.17) is 22.1 Å². The number of nitrogen functional groups attached to an aromatic ring is 1. The number of ether oxygens (including phenoxy) is 1. The third kappa shape index (κ3) is 5.32. The number of benzene rings is 1. The van der Waals surface area contributed by atoms with Crippen LogP contribution in [0.25, 0.3) is 10.2 Å². The smallest absolute Gasteiger partial charge is 0.219 e. The Balaban J connectivity index is 0.00000274. The van der Waals surface area contributed by atoms with Gasteiger partial charge in [-0.1, -0.05) is 17.7 Å². The van der Waals surface area contributed by atoms with Crippen LogP contribution in [0.5, 0.6) is 11.6 Å². The molecule has 0 fully saturated rings. The molecule has 5 aromatic rings. The number of thiophene rings is 1. The second-order valence-electron chi connectivity index (χ2n) is 6.66. The molecular weight excluding hydrogens is 493 g/mol. The summed E-state index contributed by atoms with van der Waals surface area (Å²) in [6.45, 7) is 0. The molecule has 0 aliphatic carbocycles. The van der Waals surface area contributed by atoms with E-state index in [1.165, 1.54) is 30.1 Å². The van der Waals surface area contributed by atoms with Crippen LogP contribution in [0, 0.1) is 11.8 Å². The summed E-state index contributed by atoms with van der Waals surface area (Å²) in [5, 5.41) is 3.73. The molecule has 0 aliphatic rings. The van der Waals surface area contributed by atoms with E-state index in [9.17, 15) is 0 Å². The molecule has 0 saturated heterocycles. The zero-order valence-electron chi connectivity index (χ0n) is 17.3. The van der Waals surface area contributed by atoms with E-state index in [0.717, 1.165) is 20.8 Å². The van der Waals surface area contributed by atoms with Crippen molar-refractivity contribution in [1.29, 1.82) is 0 Å². The lowest BCUT2D eigenvalue weighted by atomic mass is 10.3. The fraction of sp³-hybridized carbons (Fsp3) is 0. The predicted molar refractivity (Wildman–Crippen MR) is 136 cm³/mol. The van der Waals surface area contributed by atoms with Gasteiger partial charge in [-0.05, 0) is 42.2 Å². The Morgan fingerprint density at radius 1 is 0.971 bits per heavy atom. The van der Waals surface area contributed by atoms with Gasteiger partial charge in [0.1, 0.15) is 23.6 Å². The number of nitrogens with zero attached hydrogens (tertiary/aromatic N) is 5. The number of rotatable bonds is 4. The standard InChI is InChI=1S/C23H14ClN7OS.ClH/c24-17-9-14(5-7-19(17)32-21-3-1-2-8-26-21)31-23-22-18(29-13-30-23)10-16(33-22)6-4-15-11-28-20(25)12-27-15;/h1-3,5,7-13H,(H2,25,28)(H,29,30,31);1H. The second-order valence-corrected chi connectivity index (χ2v) is 8.12. The van der Waals surface area contributed by atoms with Crippen LogP contribution in [0.15, 0.2) is 67.4 Å². The van der Waals surface area contributed by atoms with E-state index in [-0.39, 0.29) is 12.4 Å². The van der Waals surface area contributed by atoms with Crippen LogP contribution in [0.2, 0.25) is 5.02 Å². The molecule has 0 aliphatic heterocycles. The lowest BCUT2D eigenvalue weighted by Crippen LogP contribution is -1.95. The van der Waals surface area contributed by atoms with E-state index in [0.29, 0.717) is 34.0 Å². The van der Waals surface area contributed by atoms with Crippen molar-refractivity contribution in [1.82, 2.24) is 24.9 Å². The van der Waals surface area contributed by atoms with Gasteiger partial charge in [-0.2, -0.15) is 0 Å². The zero-order valence-corrected chi connectivity index (χ0v) is 19.7. The van der Waals surface area contributed by atoms with Crippen molar-refractivity contribution in [3.05, 3.63) is 83.0 Å². The van der Waals surface area contributed by atoms with Gasteiger partial charge in [-0.25, -0.2) is 24.9 Å². The summed E-state index contributed by atoms with van der Waals surface area (Å²) in [6, 6.07) is 12.7. The Bertz CT molecular complexity index is 1500. The molecule has 34 heavy (non-hydrogen) atoms. The van der Waals surface area contributed by atoms with Crippen molar-refractivity contribution >= 4 is 62.9 Å². The van der Waals surface area contributed by atoms with Crippen LogP contribution < -0.4 is 15.8 Å². The van der Waals surface area contributed by atoms with E-state index in [2.05, 4.69) is 42.1 Å². The molecule has 0 saturated carbocycles. The van der Waals surface area contributed by atoms with Crippen molar-refractivity contribution in [2.45, 2.75) is 0 Å². The van der Waals surface area contributed by atoms with Crippen LogP contribution in [-0.4, -0.2) is 24.9 Å². The van der Waals surface area contributed by atoms with Crippen LogP contribution >= 0.6 is 35.3 Å². The SMILES string of the molecule is Cl.Nc1cnc(C#Cc2cc3ncnc(Nc4ccc(Oc5ccccn5)c(Cl)c4)c3s2)cn1. The largest absolute Gasteiger partial charge is 0.437 e. The minimum atomic E-state index is 0.